The monoisotopic (exact) mass is 440 g/mol. The quantitative estimate of drug-likeness (QED) is 0.587. The second-order valence-electron chi connectivity index (χ2n) is 7.52. The van der Waals surface area contributed by atoms with Crippen LogP contribution in [0.4, 0.5) is 10.2 Å². The molecular weight excluding hydrogens is 419 g/mol. The highest BCUT2D eigenvalue weighted by Gasteiger charge is 2.29. The topological polar surface area (TPSA) is 58.6 Å². The highest BCUT2D eigenvalue weighted by atomic mass is 35.5. The molecular formula is C23H22ClFN4O2. The van der Waals surface area contributed by atoms with Gasteiger partial charge in [-0.15, -0.1) is 0 Å². The van der Waals surface area contributed by atoms with Gasteiger partial charge in [-0.25, -0.2) is 14.4 Å². The van der Waals surface area contributed by atoms with Crippen molar-refractivity contribution in [1.82, 2.24) is 14.9 Å². The molecule has 8 heteroatoms. The van der Waals surface area contributed by atoms with E-state index in [0.29, 0.717) is 36.0 Å². The van der Waals surface area contributed by atoms with Crippen molar-refractivity contribution < 1.29 is 13.9 Å². The van der Waals surface area contributed by atoms with Gasteiger partial charge in [-0.2, -0.15) is 0 Å². The van der Waals surface area contributed by atoms with Crippen molar-refractivity contribution in [2.75, 3.05) is 24.5 Å². The van der Waals surface area contributed by atoms with E-state index in [2.05, 4.69) is 14.9 Å². The van der Waals surface area contributed by atoms with E-state index in [1.807, 2.05) is 18.7 Å². The van der Waals surface area contributed by atoms with E-state index in [9.17, 15) is 9.18 Å². The van der Waals surface area contributed by atoms with Gasteiger partial charge in [0, 0.05) is 31.7 Å². The minimum absolute atomic E-state index is 0.0499. The Bertz CT molecular complexity index is 1110. The lowest BCUT2D eigenvalue weighted by molar-refractivity contribution is 0.0674. The van der Waals surface area contributed by atoms with Gasteiger partial charge in [0.05, 0.1) is 10.6 Å². The van der Waals surface area contributed by atoms with Crippen LogP contribution < -0.4 is 9.64 Å². The third-order valence-electron chi connectivity index (χ3n) is 5.25. The normalized spacial score (nSPS) is 16.3. The van der Waals surface area contributed by atoms with E-state index >= 15 is 0 Å². The van der Waals surface area contributed by atoms with Crippen LogP contribution in [-0.2, 0) is 0 Å². The van der Waals surface area contributed by atoms with Crippen LogP contribution in [0.1, 0.15) is 22.8 Å². The van der Waals surface area contributed by atoms with Gasteiger partial charge in [-0.1, -0.05) is 29.8 Å². The van der Waals surface area contributed by atoms with Crippen molar-refractivity contribution >= 4 is 23.3 Å². The number of hydrogen-bond donors (Lipinski definition) is 0. The molecule has 4 rings (SSSR count). The Morgan fingerprint density at radius 1 is 1.16 bits per heavy atom. The van der Waals surface area contributed by atoms with Crippen molar-refractivity contribution in [2.24, 2.45) is 0 Å². The third kappa shape index (κ3) is 4.61. The standard InChI is InChI=1S/C23H22ClFN4O2/c1-15-7-8-19(25)20(11-15)31-22-12-21(26-14-27-22)28-9-10-29(16(2)13-28)23(30)17-5-3-4-6-18(17)24/h3-8,11-12,14,16H,9-10,13H2,1-2H3/t16-/m0/s1. The second kappa shape index (κ2) is 8.89. The number of halogens is 2. The molecule has 1 atom stereocenters. The predicted octanol–water partition coefficient (Wildman–Crippen LogP) is 4.72. The predicted molar refractivity (Wildman–Crippen MR) is 117 cm³/mol. The second-order valence-corrected chi connectivity index (χ2v) is 7.93. The SMILES string of the molecule is Cc1ccc(F)c(Oc2cc(N3CCN(C(=O)c4ccccc4Cl)[C@@H](C)C3)ncn2)c1. The summed E-state index contributed by atoms with van der Waals surface area (Å²) in [5.41, 5.74) is 1.39. The van der Waals surface area contributed by atoms with E-state index < -0.39 is 5.82 Å². The first kappa shape index (κ1) is 21.1. The van der Waals surface area contributed by atoms with Crippen LogP contribution in [0, 0.1) is 12.7 Å². The van der Waals surface area contributed by atoms with Crippen LogP contribution in [0.3, 0.4) is 0 Å². The number of amides is 1. The minimum atomic E-state index is -0.453. The molecule has 3 aromatic rings. The number of aryl methyl sites for hydroxylation is 1. The molecule has 1 fully saturated rings. The average Bonchev–Trinajstić information content (AvgIpc) is 2.76. The van der Waals surface area contributed by atoms with Crippen LogP contribution in [0.5, 0.6) is 11.6 Å². The molecule has 1 saturated heterocycles. The van der Waals surface area contributed by atoms with Crippen LogP contribution in [0.15, 0.2) is 54.9 Å². The number of anilines is 1. The van der Waals surface area contributed by atoms with E-state index in [1.165, 1.54) is 12.4 Å². The van der Waals surface area contributed by atoms with Crippen molar-refractivity contribution in [3.63, 3.8) is 0 Å². The summed E-state index contributed by atoms with van der Waals surface area (Å²) in [6, 6.07) is 13.4. The average molecular weight is 441 g/mol. The zero-order valence-electron chi connectivity index (χ0n) is 17.3. The van der Waals surface area contributed by atoms with E-state index in [1.54, 1.807) is 42.5 Å². The number of aromatic nitrogens is 2. The van der Waals surface area contributed by atoms with Gasteiger partial charge < -0.3 is 14.5 Å². The molecule has 0 spiro atoms. The van der Waals surface area contributed by atoms with Gasteiger partial charge >= 0.3 is 0 Å². The Morgan fingerprint density at radius 3 is 2.74 bits per heavy atom. The molecule has 0 radical (unpaired) electrons. The summed E-state index contributed by atoms with van der Waals surface area (Å²) in [7, 11) is 0. The van der Waals surface area contributed by atoms with Gasteiger partial charge in [0.15, 0.2) is 11.6 Å². The van der Waals surface area contributed by atoms with Gasteiger partial charge in [0.2, 0.25) is 5.88 Å². The van der Waals surface area contributed by atoms with Gasteiger partial charge in [0.25, 0.3) is 5.91 Å². The molecule has 1 aromatic heterocycles. The number of carbonyl (C=O) groups excluding carboxylic acids is 1. The van der Waals surface area contributed by atoms with E-state index in [0.717, 1.165) is 5.56 Å². The number of benzene rings is 2. The first-order chi connectivity index (χ1) is 14.9. The molecule has 0 bridgehead atoms. The Labute approximate surface area is 185 Å². The molecule has 0 N–H and O–H groups in total. The fraction of sp³-hybridized carbons (Fsp3) is 0.261. The maximum Gasteiger partial charge on any atom is 0.255 e. The number of ether oxygens (including phenoxy) is 1. The van der Waals surface area contributed by atoms with Crippen LogP contribution in [0.25, 0.3) is 0 Å². The van der Waals surface area contributed by atoms with Gasteiger partial charge in [0.1, 0.15) is 12.1 Å². The molecule has 0 unspecified atom stereocenters. The number of nitrogens with zero attached hydrogens (tertiary/aromatic N) is 4. The third-order valence-corrected chi connectivity index (χ3v) is 5.57. The van der Waals surface area contributed by atoms with Gasteiger partial charge in [-0.3, -0.25) is 4.79 Å². The molecule has 0 saturated carbocycles. The van der Waals surface area contributed by atoms with Crippen molar-refractivity contribution in [1.29, 1.82) is 0 Å². The summed E-state index contributed by atoms with van der Waals surface area (Å²) < 4.78 is 19.7. The summed E-state index contributed by atoms with van der Waals surface area (Å²) >= 11 is 6.20. The number of piperazine rings is 1. The fourth-order valence-electron chi connectivity index (χ4n) is 3.62. The lowest BCUT2D eigenvalue weighted by Gasteiger charge is -2.40. The highest BCUT2D eigenvalue weighted by Crippen LogP contribution is 2.27. The maximum absolute atomic E-state index is 14.0. The molecule has 1 amide bonds. The molecule has 1 aliphatic rings. The molecule has 6 nitrogen and oxygen atoms in total. The smallest absolute Gasteiger partial charge is 0.255 e. The molecule has 2 heterocycles. The summed E-state index contributed by atoms with van der Waals surface area (Å²) in [5.74, 6) is 0.505. The lowest BCUT2D eigenvalue weighted by Crippen LogP contribution is -2.54. The number of rotatable bonds is 4. The van der Waals surface area contributed by atoms with Crippen LogP contribution >= 0.6 is 11.6 Å². The van der Waals surface area contributed by atoms with Gasteiger partial charge in [-0.05, 0) is 43.7 Å². The summed E-state index contributed by atoms with van der Waals surface area (Å²) in [5, 5.41) is 0.447. The van der Waals surface area contributed by atoms with Crippen molar-refractivity contribution in [2.45, 2.75) is 19.9 Å². The fourth-order valence-corrected chi connectivity index (χ4v) is 3.83. The first-order valence-corrected chi connectivity index (χ1v) is 10.4. The van der Waals surface area contributed by atoms with Crippen LogP contribution in [0.2, 0.25) is 5.02 Å². The number of carbonyl (C=O) groups is 1. The first-order valence-electron chi connectivity index (χ1n) is 9.99. The Balaban J connectivity index is 1.47. The van der Waals surface area contributed by atoms with Crippen molar-refractivity contribution in [3.05, 3.63) is 76.8 Å². The molecule has 1 aliphatic heterocycles. The van der Waals surface area contributed by atoms with Crippen LogP contribution in [-0.4, -0.2) is 46.5 Å². The zero-order valence-corrected chi connectivity index (χ0v) is 18.0. The van der Waals surface area contributed by atoms with E-state index in [4.69, 9.17) is 16.3 Å². The largest absolute Gasteiger partial charge is 0.436 e. The Hall–Kier alpha value is -3.19. The van der Waals surface area contributed by atoms with Crippen molar-refractivity contribution in [3.8, 4) is 11.6 Å². The highest BCUT2D eigenvalue weighted by molar-refractivity contribution is 6.33. The Morgan fingerprint density at radius 2 is 1.97 bits per heavy atom. The summed E-state index contributed by atoms with van der Waals surface area (Å²) in [6.45, 7) is 5.56. The summed E-state index contributed by atoms with van der Waals surface area (Å²) in [6.07, 6.45) is 1.39. The Kier molecular flexibility index (Phi) is 6.04. The maximum atomic E-state index is 14.0. The minimum Gasteiger partial charge on any atom is -0.436 e. The number of hydrogen-bond acceptors (Lipinski definition) is 5. The molecule has 2 aromatic carbocycles. The zero-order chi connectivity index (χ0) is 22.0. The van der Waals surface area contributed by atoms with E-state index in [-0.39, 0.29) is 23.6 Å². The molecule has 160 valence electrons. The summed E-state index contributed by atoms with van der Waals surface area (Å²) in [4.78, 5) is 25.3. The molecule has 31 heavy (non-hydrogen) atoms. The lowest BCUT2D eigenvalue weighted by atomic mass is 10.1. The molecule has 0 aliphatic carbocycles.